The third kappa shape index (κ3) is 4.26. The second-order valence-corrected chi connectivity index (χ2v) is 8.86. The van der Waals surface area contributed by atoms with Crippen molar-refractivity contribution in [2.24, 2.45) is 0 Å². The van der Waals surface area contributed by atoms with Gasteiger partial charge in [-0.2, -0.15) is 0 Å². The van der Waals surface area contributed by atoms with E-state index in [0.717, 1.165) is 28.0 Å². The van der Waals surface area contributed by atoms with Crippen molar-refractivity contribution in [3.8, 4) is 11.1 Å². The highest BCUT2D eigenvalue weighted by Gasteiger charge is 2.30. The van der Waals surface area contributed by atoms with Gasteiger partial charge >= 0.3 is 5.97 Å². The smallest absolute Gasteiger partial charge is 0.349 e. The molecular formula is C21H21NO4S2. The summed E-state index contributed by atoms with van der Waals surface area (Å²) in [6, 6.07) is 14.5. The van der Waals surface area contributed by atoms with Crippen molar-refractivity contribution in [1.82, 2.24) is 0 Å². The van der Waals surface area contributed by atoms with Gasteiger partial charge in [-0.3, -0.25) is 4.72 Å². The fourth-order valence-electron chi connectivity index (χ4n) is 2.71. The molecule has 1 N–H and O–H groups in total. The van der Waals surface area contributed by atoms with E-state index < -0.39 is 16.0 Å². The summed E-state index contributed by atoms with van der Waals surface area (Å²) >= 11 is 1.07. The number of esters is 1. The summed E-state index contributed by atoms with van der Waals surface area (Å²) in [6.45, 7) is 5.73. The second kappa shape index (κ2) is 8.16. The van der Waals surface area contributed by atoms with Crippen LogP contribution in [0.25, 0.3) is 11.1 Å². The molecule has 146 valence electrons. The molecule has 7 heteroatoms. The molecule has 1 heterocycles. The van der Waals surface area contributed by atoms with E-state index in [4.69, 9.17) is 4.74 Å². The maximum Gasteiger partial charge on any atom is 0.349 e. The lowest BCUT2D eigenvalue weighted by Gasteiger charge is -2.12. The fourth-order valence-corrected chi connectivity index (χ4v) is 5.46. The molecule has 2 aromatic carbocycles. The van der Waals surface area contributed by atoms with Gasteiger partial charge in [-0.25, -0.2) is 13.2 Å². The quantitative estimate of drug-likeness (QED) is 0.575. The first-order chi connectivity index (χ1) is 13.3. The van der Waals surface area contributed by atoms with Crippen LogP contribution in [0, 0.1) is 13.8 Å². The molecular weight excluding hydrogens is 394 g/mol. The van der Waals surface area contributed by atoms with E-state index in [0.29, 0.717) is 11.3 Å². The van der Waals surface area contributed by atoms with Crippen LogP contribution in [-0.2, 0) is 14.8 Å². The molecule has 0 aliphatic carbocycles. The Kier molecular flexibility index (Phi) is 5.86. The monoisotopic (exact) mass is 415 g/mol. The van der Waals surface area contributed by atoms with E-state index in [1.165, 1.54) is 0 Å². The van der Waals surface area contributed by atoms with Crippen LogP contribution in [0.15, 0.2) is 58.8 Å². The Morgan fingerprint density at radius 2 is 1.57 bits per heavy atom. The maximum absolute atomic E-state index is 13.2. The minimum Gasteiger partial charge on any atom is -0.462 e. The lowest BCUT2D eigenvalue weighted by molar-refractivity contribution is 0.0528. The first-order valence-electron chi connectivity index (χ1n) is 8.77. The molecule has 0 radical (unpaired) electrons. The number of anilines is 1. The van der Waals surface area contributed by atoms with Crippen molar-refractivity contribution < 1.29 is 17.9 Å². The largest absolute Gasteiger partial charge is 0.462 e. The third-order valence-corrected chi connectivity index (χ3v) is 6.70. The number of aryl methyl sites for hydroxylation is 2. The summed E-state index contributed by atoms with van der Waals surface area (Å²) in [5.74, 6) is -0.643. The molecule has 0 fully saturated rings. The van der Waals surface area contributed by atoms with E-state index in [1.807, 2.05) is 50.2 Å². The van der Waals surface area contributed by atoms with E-state index >= 15 is 0 Å². The Morgan fingerprint density at radius 1 is 1.00 bits per heavy atom. The molecule has 0 saturated carbocycles. The van der Waals surface area contributed by atoms with Gasteiger partial charge < -0.3 is 4.74 Å². The van der Waals surface area contributed by atoms with Crippen molar-refractivity contribution in [2.45, 2.75) is 25.7 Å². The predicted molar refractivity (Wildman–Crippen MR) is 112 cm³/mol. The van der Waals surface area contributed by atoms with Crippen LogP contribution in [0.2, 0.25) is 0 Å². The van der Waals surface area contributed by atoms with Crippen LogP contribution < -0.4 is 4.72 Å². The number of benzene rings is 2. The molecule has 3 aromatic rings. The average Bonchev–Trinajstić information content (AvgIpc) is 3.10. The zero-order valence-electron chi connectivity index (χ0n) is 15.9. The summed E-state index contributed by atoms with van der Waals surface area (Å²) < 4.78 is 34.1. The number of thiophene rings is 1. The number of nitrogens with one attached hydrogen (secondary N) is 1. The number of carbonyl (C=O) groups excluding carboxylic acids is 1. The number of sulfonamides is 1. The molecule has 1 aromatic heterocycles. The Hall–Kier alpha value is -2.64. The van der Waals surface area contributed by atoms with Gasteiger partial charge in [-0.05, 0) is 38.5 Å². The molecule has 0 atom stereocenters. The summed E-state index contributed by atoms with van der Waals surface area (Å²) in [5, 5.41) is 1.68. The van der Waals surface area contributed by atoms with Gasteiger partial charge in [-0.1, -0.05) is 47.5 Å². The van der Waals surface area contributed by atoms with Gasteiger partial charge in [0.05, 0.1) is 6.61 Å². The lowest BCUT2D eigenvalue weighted by Crippen LogP contribution is -2.17. The van der Waals surface area contributed by atoms with E-state index in [1.54, 1.807) is 24.4 Å². The van der Waals surface area contributed by atoms with Gasteiger partial charge in [0.1, 0.15) is 9.77 Å². The number of rotatable bonds is 6. The highest BCUT2D eigenvalue weighted by atomic mass is 32.2. The Balaban J connectivity index is 2.12. The minimum absolute atomic E-state index is 0.0552. The van der Waals surface area contributed by atoms with Crippen molar-refractivity contribution >= 4 is 33.0 Å². The van der Waals surface area contributed by atoms with Crippen molar-refractivity contribution in [1.29, 1.82) is 0 Å². The third-order valence-electron chi connectivity index (χ3n) is 4.14. The average molecular weight is 416 g/mol. The number of carbonyl (C=O) groups is 1. The van der Waals surface area contributed by atoms with Gasteiger partial charge in [0, 0.05) is 16.6 Å². The van der Waals surface area contributed by atoms with Crippen LogP contribution in [-0.4, -0.2) is 21.0 Å². The molecule has 0 aliphatic rings. The van der Waals surface area contributed by atoms with E-state index in [9.17, 15) is 13.2 Å². The zero-order valence-corrected chi connectivity index (χ0v) is 17.5. The molecule has 5 nitrogen and oxygen atoms in total. The maximum atomic E-state index is 13.2. The summed E-state index contributed by atoms with van der Waals surface area (Å²) in [6.07, 6.45) is 0. The van der Waals surface area contributed by atoms with Crippen LogP contribution in [0.3, 0.4) is 0 Å². The van der Waals surface area contributed by atoms with Gasteiger partial charge in [0.2, 0.25) is 0 Å². The van der Waals surface area contributed by atoms with Crippen molar-refractivity contribution in [3.63, 3.8) is 0 Å². The first kappa shape index (κ1) is 20.1. The number of hydrogen-bond acceptors (Lipinski definition) is 5. The zero-order chi connectivity index (χ0) is 20.3. The molecule has 0 bridgehead atoms. The van der Waals surface area contributed by atoms with E-state index in [2.05, 4.69) is 4.72 Å². The number of ether oxygens (including phenoxy) is 1. The lowest BCUT2D eigenvalue weighted by atomic mass is 10.1. The Labute approximate surface area is 169 Å². The van der Waals surface area contributed by atoms with Crippen LogP contribution in [0.4, 0.5) is 5.69 Å². The Bertz CT molecular complexity index is 1080. The van der Waals surface area contributed by atoms with Crippen molar-refractivity contribution in [3.05, 3.63) is 69.9 Å². The molecule has 0 aliphatic heterocycles. The second-order valence-electron chi connectivity index (χ2n) is 6.37. The molecule has 28 heavy (non-hydrogen) atoms. The molecule has 0 unspecified atom stereocenters. The van der Waals surface area contributed by atoms with Crippen LogP contribution >= 0.6 is 11.3 Å². The van der Waals surface area contributed by atoms with Gasteiger partial charge in [0.15, 0.2) is 0 Å². The van der Waals surface area contributed by atoms with Crippen LogP contribution in [0.5, 0.6) is 0 Å². The van der Waals surface area contributed by atoms with Gasteiger partial charge in [0.25, 0.3) is 10.0 Å². The summed E-state index contributed by atoms with van der Waals surface area (Å²) in [7, 11) is -4.01. The summed E-state index contributed by atoms with van der Waals surface area (Å²) in [5.41, 5.74) is 3.72. The molecule has 0 amide bonds. The topological polar surface area (TPSA) is 72.5 Å². The molecule has 3 rings (SSSR count). The van der Waals surface area contributed by atoms with E-state index in [-0.39, 0.29) is 16.4 Å². The van der Waals surface area contributed by atoms with Gasteiger partial charge in [-0.15, -0.1) is 11.3 Å². The minimum atomic E-state index is -4.01. The highest BCUT2D eigenvalue weighted by molar-refractivity contribution is 7.93. The SMILES string of the molecule is CCOC(=O)c1scc(-c2ccc(C)cc2)c1S(=O)(=O)Nc1ccc(C)cc1. The Morgan fingerprint density at radius 3 is 2.14 bits per heavy atom. The standard InChI is InChI=1S/C21H21NO4S2/c1-4-26-21(23)19-20(18(13-27-19)16-9-5-14(2)6-10-16)28(24,25)22-17-11-7-15(3)8-12-17/h5-13,22H,4H2,1-3H3. The van der Waals surface area contributed by atoms with Crippen molar-refractivity contribution in [2.75, 3.05) is 11.3 Å². The molecule has 0 saturated heterocycles. The fraction of sp³-hybridized carbons (Fsp3) is 0.190. The normalized spacial score (nSPS) is 11.2. The summed E-state index contributed by atoms with van der Waals surface area (Å²) in [4.78, 5) is 12.4. The molecule has 0 spiro atoms. The highest BCUT2D eigenvalue weighted by Crippen LogP contribution is 2.37. The first-order valence-corrected chi connectivity index (χ1v) is 11.1. The predicted octanol–water partition coefficient (Wildman–Crippen LogP) is 5.01. The van der Waals surface area contributed by atoms with Crippen LogP contribution in [0.1, 0.15) is 27.7 Å². The number of hydrogen-bond donors (Lipinski definition) is 1.